The first-order valence-electron chi connectivity index (χ1n) is 9.17. The van der Waals surface area contributed by atoms with Crippen LogP contribution in [0.15, 0.2) is 47.5 Å². The maximum absolute atomic E-state index is 12.6. The molecule has 0 atom stereocenters. The molecule has 3 rings (SSSR count). The lowest BCUT2D eigenvalue weighted by molar-refractivity contribution is 0.0998. The van der Waals surface area contributed by atoms with Crippen LogP contribution in [-0.4, -0.2) is 23.7 Å². The van der Waals surface area contributed by atoms with Crippen LogP contribution in [0.2, 0.25) is 0 Å². The van der Waals surface area contributed by atoms with E-state index < -0.39 is 0 Å². The molecule has 6 heteroatoms. The quantitative estimate of drug-likeness (QED) is 0.561. The van der Waals surface area contributed by atoms with Gasteiger partial charge in [-0.25, -0.2) is 0 Å². The monoisotopic (exact) mass is 384 g/mol. The van der Waals surface area contributed by atoms with Crippen LogP contribution in [0.25, 0.3) is 10.2 Å². The van der Waals surface area contributed by atoms with Crippen molar-refractivity contribution < 1.29 is 14.3 Å². The number of aryl methyl sites for hydroxylation is 1. The van der Waals surface area contributed by atoms with Crippen molar-refractivity contribution in [3.8, 4) is 11.5 Å². The third kappa shape index (κ3) is 4.39. The first kappa shape index (κ1) is 19.2. The number of carbonyl (C=O) groups is 1. The SMILES string of the molecule is CCCCOc1ccc(C(=O)N=c2sc3cccc(OCC)c3n2C)cc1. The van der Waals surface area contributed by atoms with E-state index >= 15 is 0 Å². The lowest BCUT2D eigenvalue weighted by Gasteiger charge is -2.06. The Labute approximate surface area is 162 Å². The Hall–Kier alpha value is -2.60. The van der Waals surface area contributed by atoms with Gasteiger partial charge < -0.3 is 14.0 Å². The van der Waals surface area contributed by atoms with Crippen LogP contribution in [0.1, 0.15) is 37.0 Å². The lowest BCUT2D eigenvalue weighted by atomic mass is 10.2. The van der Waals surface area contributed by atoms with E-state index in [4.69, 9.17) is 9.47 Å². The molecular formula is C21H24N2O3S. The summed E-state index contributed by atoms with van der Waals surface area (Å²) < 4.78 is 14.3. The molecule has 0 aliphatic rings. The normalized spacial score (nSPS) is 11.7. The molecule has 0 spiro atoms. The molecule has 1 amide bonds. The summed E-state index contributed by atoms with van der Waals surface area (Å²) >= 11 is 1.47. The van der Waals surface area contributed by atoms with Gasteiger partial charge in [0, 0.05) is 12.6 Å². The van der Waals surface area contributed by atoms with E-state index in [9.17, 15) is 4.79 Å². The summed E-state index contributed by atoms with van der Waals surface area (Å²) in [6.45, 7) is 5.36. The summed E-state index contributed by atoms with van der Waals surface area (Å²) in [5, 5.41) is 0. The number of hydrogen-bond acceptors (Lipinski definition) is 4. The van der Waals surface area contributed by atoms with Crippen LogP contribution >= 0.6 is 11.3 Å². The maximum atomic E-state index is 12.6. The molecule has 0 N–H and O–H groups in total. The Bertz CT molecular complexity index is 987. The highest BCUT2D eigenvalue weighted by Crippen LogP contribution is 2.26. The molecule has 0 unspecified atom stereocenters. The summed E-state index contributed by atoms with van der Waals surface area (Å²) in [7, 11) is 1.90. The van der Waals surface area contributed by atoms with Crippen molar-refractivity contribution in [3.05, 3.63) is 52.8 Å². The average molecular weight is 385 g/mol. The van der Waals surface area contributed by atoms with Gasteiger partial charge in [-0.1, -0.05) is 30.7 Å². The number of rotatable bonds is 7. The van der Waals surface area contributed by atoms with E-state index in [1.54, 1.807) is 12.1 Å². The third-order valence-electron chi connectivity index (χ3n) is 4.15. The average Bonchev–Trinajstić information content (AvgIpc) is 2.99. The second-order valence-electron chi connectivity index (χ2n) is 6.12. The van der Waals surface area contributed by atoms with Crippen molar-refractivity contribution in [1.82, 2.24) is 4.57 Å². The van der Waals surface area contributed by atoms with Crippen molar-refractivity contribution in [3.63, 3.8) is 0 Å². The van der Waals surface area contributed by atoms with E-state index in [0.29, 0.717) is 23.6 Å². The van der Waals surface area contributed by atoms with Gasteiger partial charge in [0.15, 0.2) is 4.80 Å². The van der Waals surface area contributed by atoms with Crippen LogP contribution in [0, 0.1) is 0 Å². The Morgan fingerprint density at radius 1 is 1.11 bits per heavy atom. The highest BCUT2D eigenvalue weighted by Gasteiger charge is 2.11. The fourth-order valence-electron chi connectivity index (χ4n) is 2.73. The number of amides is 1. The van der Waals surface area contributed by atoms with Gasteiger partial charge in [-0.05, 0) is 49.7 Å². The molecule has 0 aliphatic heterocycles. The first-order chi connectivity index (χ1) is 13.1. The number of thiazole rings is 1. The molecular weight excluding hydrogens is 360 g/mol. The molecule has 1 aromatic heterocycles. The van der Waals surface area contributed by atoms with Gasteiger partial charge in [-0.3, -0.25) is 4.79 Å². The second-order valence-corrected chi connectivity index (χ2v) is 7.13. The molecule has 0 fully saturated rings. The zero-order valence-electron chi connectivity index (χ0n) is 15.9. The van der Waals surface area contributed by atoms with Crippen LogP contribution in [0.4, 0.5) is 0 Å². The molecule has 2 aromatic carbocycles. The molecule has 0 aliphatic carbocycles. The van der Waals surface area contributed by atoms with Gasteiger partial charge in [0.1, 0.15) is 17.0 Å². The van der Waals surface area contributed by atoms with E-state index in [-0.39, 0.29) is 5.91 Å². The summed E-state index contributed by atoms with van der Waals surface area (Å²) in [6.07, 6.45) is 2.11. The number of unbranched alkanes of at least 4 members (excludes halogenated alkanes) is 1. The Morgan fingerprint density at radius 3 is 2.59 bits per heavy atom. The summed E-state index contributed by atoms with van der Waals surface area (Å²) in [5.41, 5.74) is 1.50. The zero-order valence-corrected chi connectivity index (χ0v) is 16.7. The smallest absolute Gasteiger partial charge is 0.279 e. The number of ether oxygens (including phenoxy) is 2. The molecule has 0 saturated carbocycles. The van der Waals surface area contributed by atoms with Crippen LogP contribution in [0.3, 0.4) is 0 Å². The van der Waals surface area contributed by atoms with Crippen molar-refractivity contribution in [1.29, 1.82) is 0 Å². The number of hydrogen-bond donors (Lipinski definition) is 0. The van der Waals surface area contributed by atoms with Gasteiger partial charge in [0.2, 0.25) is 0 Å². The summed E-state index contributed by atoms with van der Waals surface area (Å²) in [4.78, 5) is 17.5. The number of benzene rings is 2. The predicted molar refractivity (Wildman–Crippen MR) is 109 cm³/mol. The van der Waals surface area contributed by atoms with E-state index in [2.05, 4.69) is 11.9 Å². The molecule has 27 heavy (non-hydrogen) atoms. The highest BCUT2D eigenvalue weighted by atomic mass is 32.1. The number of aromatic nitrogens is 1. The molecule has 1 heterocycles. The Kier molecular flexibility index (Phi) is 6.29. The summed E-state index contributed by atoms with van der Waals surface area (Å²) in [5.74, 6) is 1.31. The number of para-hydroxylation sites is 1. The third-order valence-corrected chi connectivity index (χ3v) is 5.25. The lowest BCUT2D eigenvalue weighted by Crippen LogP contribution is -2.13. The molecule has 0 saturated heterocycles. The second kappa shape index (κ2) is 8.86. The number of nitrogens with zero attached hydrogens (tertiary/aromatic N) is 2. The molecule has 0 radical (unpaired) electrons. The Morgan fingerprint density at radius 2 is 1.89 bits per heavy atom. The molecule has 142 valence electrons. The molecule has 0 bridgehead atoms. The van der Waals surface area contributed by atoms with E-state index in [1.165, 1.54) is 11.3 Å². The molecule has 5 nitrogen and oxygen atoms in total. The minimum atomic E-state index is -0.268. The highest BCUT2D eigenvalue weighted by molar-refractivity contribution is 7.16. The van der Waals surface area contributed by atoms with Crippen molar-refractivity contribution in [2.75, 3.05) is 13.2 Å². The fraction of sp³-hybridized carbons (Fsp3) is 0.333. The topological polar surface area (TPSA) is 52.8 Å². The van der Waals surface area contributed by atoms with Crippen LogP contribution in [0.5, 0.6) is 11.5 Å². The van der Waals surface area contributed by atoms with Crippen LogP contribution < -0.4 is 14.3 Å². The van der Waals surface area contributed by atoms with Gasteiger partial charge in [-0.15, -0.1) is 0 Å². The molecule has 3 aromatic rings. The minimum Gasteiger partial charge on any atom is -0.494 e. The maximum Gasteiger partial charge on any atom is 0.279 e. The number of carbonyl (C=O) groups excluding carboxylic acids is 1. The van der Waals surface area contributed by atoms with Crippen molar-refractivity contribution in [2.45, 2.75) is 26.7 Å². The van der Waals surface area contributed by atoms with E-state index in [1.807, 2.05) is 48.9 Å². The Balaban J connectivity index is 1.87. The van der Waals surface area contributed by atoms with Crippen molar-refractivity contribution >= 4 is 27.5 Å². The first-order valence-corrected chi connectivity index (χ1v) is 9.99. The van der Waals surface area contributed by atoms with Crippen molar-refractivity contribution in [2.24, 2.45) is 12.0 Å². The largest absolute Gasteiger partial charge is 0.494 e. The van der Waals surface area contributed by atoms with Gasteiger partial charge in [-0.2, -0.15) is 4.99 Å². The van der Waals surface area contributed by atoms with Gasteiger partial charge in [0.05, 0.1) is 17.9 Å². The summed E-state index contributed by atoms with van der Waals surface area (Å²) in [6, 6.07) is 13.0. The standard InChI is InChI=1S/C21H24N2O3S/c1-4-6-14-26-16-12-10-15(11-13-16)20(24)22-21-23(3)19-17(25-5-2)8-7-9-18(19)27-21/h7-13H,4-6,14H2,1-3H3. The van der Waals surface area contributed by atoms with Crippen LogP contribution in [-0.2, 0) is 7.05 Å². The van der Waals surface area contributed by atoms with Gasteiger partial charge in [0.25, 0.3) is 5.91 Å². The number of fused-ring (bicyclic) bond motifs is 1. The minimum absolute atomic E-state index is 0.268. The predicted octanol–water partition coefficient (Wildman–Crippen LogP) is 4.56. The zero-order chi connectivity index (χ0) is 19.2. The van der Waals surface area contributed by atoms with E-state index in [0.717, 1.165) is 34.6 Å². The fourth-order valence-corrected chi connectivity index (χ4v) is 3.76. The van der Waals surface area contributed by atoms with Gasteiger partial charge >= 0.3 is 0 Å².